The van der Waals surface area contributed by atoms with Crippen LogP contribution < -0.4 is 0 Å². The Labute approximate surface area is 81.9 Å². The third-order valence-corrected chi connectivity index (χ3v) is 3.02. The van der Waals surface area contributed by atoms with Crippen LogP contribution in [0.3, 0.4) is 0 Å². The van der Waals surface area contributed by atoms with Gasteiger partial charge in [-0.05, 0) is 19.4 Å². The first-order valence-electron chi connectivity index (χ1n) is 5.65. The first-order valence-corrected chi connectivity index (χ1v) is 5.65. The van der Waals surface area contributed by atoms with Gasteiger partial charge in [0.15, 0.2) is 0 Å². The van der Waals surface area contributed by atoms with E-state index in [2.05, 4.69) is 18.7 Å². The number of aliphatic hydroxyl groups is 1. The summed E-state index contributed by atoms with van der Waals surface area (Å²) in [6.45, 7) is 7.28. The van der Waals surface area contributed by atoms with Gasteiger partial charge < -0.3 is 5.11 Å². The summed E-state index contributed by atoms with van der Waals surface area (Å²) in [5.41, 5.74) is -0.343. The zero-order chi connectivity index (χ0) is 9.73. The maximum Gasteiger partial charge on any atom is 0.0897 e. The molecule has 0 amide bonds. The number of rotatable bonds is 6. The molecule has 0 saturated carbocycles. The van der Waals surface area contributed by atoms with Crippen molar-refractivity contribution in [3.8, 4) is 0 Å². The molecule has 2 nitrogen and oxygen atoms in total. The smallest absolute Gasteiger partial charge is 0.0897 e. The zero-order valence-electron chi connectivity index (χ0n) is 9.05. The first kappa shape index (κ1) is 11.0. The Morgan fingerprint density at radius 1 is 1.15 bits per heavy atom. The molecular weight excluding hydrogens is 162 g/mol. The highest BCUT2D eigenvalue weighted by atomic mass is 16.3. The van der Waals surface area contributed by atoms with Crippen LogP contribution in [-0.2, 0) is 0 Å². The number of β-amino-alcohol motifs (C(OH)–C–C–N with tert-alkyl or cyclic N) is 1. The summed E-state index contributed by atoms with van der Waals surface area (Å²) >= 11 is 0. The second-order valence-corrected chi connectivity index (χ2v) is 4.35. The molecule has 0 unspecified atom stereocenters. The largest absolute Gasteiger partial charge is 0.387 e. The van der Waals surface area contributed by atoms with E-state index in [0.29, 0.717) is 0 Å². The van der Waals surface area contributed by atoms with Crippen molar-refractivity contribution in [1.82, 2.24) is 4.90 Å². The van der Waals surface area contributed by atoms with E-state index in [1.165, 1.54) is 32.2 Å². The lowest BCUT2D eigenvalue weighted by Gasteiger charge is -2.46. The monoisotopic (exact) mass is 185 g/mol. The van der Waals surface area contributed by atoms with Crippen LogP contribution in [0.2, 0.25) is 0 Å². The molecule has 1 N–H and O–H groups in total. The van der Waals surface area contributed by atoms with E-state index in [1.807, 2.05) is 0 Å². The van der Waals surface area contributed by atoms with Crippen LogP contribution >= 0.6 is 0 Å². The van der Waals surface area contributed by atoms with Crippen LogP contribution in [0.1, 0.15) is 46.0 Å². The van der Waals surface area contributed by atoms with Crippen LogP contribution in [0.25, 0.3) is 0 Å². The fraction of sp³-hybridized carbons (Fsp3) is 1.00. The third-order valence-electron chi connectivity index (χ3n) is 3.02. The Balaban J connectivity index is 1.96. The van der Waals surface area contributed by atoms with E-state index >= 15 is 0 Å². The highest BCUT2D eigenvalue weighted by molar-refractivity contribution is 4.93. The summed E-state index contributed by atoms with van der Waals surface area (Å²) in [5, 5.41) is 9.75. The lowest BCUT2D eigenvalue weighted by atomic mass is 9.91. The molecule has 0 aromatic carbocycles. The Hall–Kier alpha value is -0.0800. The molecule has 0 aromatic rings. The van der Waals surface area contributed by atoms with Gasteiger partial charge in [-0.15, -0.1) is 0 Å². The minimum absolute atomic E-state index is 0.343. The van der Waals surface area contributed by atoms with E-state index in [1.54, 1.807) is 0 Å². The summed E-state index contributed by atoms with van der Waals surface area (Å²) < 4.78 is 0. The fourth-order valence-corrected chi connectivity index (χ4v) is 1.93. The predicted molar refractivity (Wildman–Crippen MR) is 55.8 cm³/mol. The van der Waals surface area contributed by atoms with E-state index in [4.69, 9.17) is 0 Å². The number of likely N-dealkylation sites (tertiary alicyclic amines) is 1. The van der Waals surface area contributed by atoms with Crippen molar-refractivity contribution < 1.29 is 5.11 Å². The van der Waals surface area contributed by atoms with Crippen molar-refractivity contribution in [2.24, 2.45) is 0 Å². The van der Waals surface area contributed by atoms with Gasteiger partial charge in [-0.25, -0.2) is 0 Å². The molecular formula is C11H23NO. The second kappa shape index (κ2) is 4.97. The molecule has 0 aliphatic carbocycles. The molecule has 0 atom stereocenters. The average molecular weight is 185 g/mol. The quantitative estimate of drug-likeness (QED) is 0.640. The van der Waals surface area contributed by atoms with Gasteiger partial charge in [0.2, 0.25) is 0 Å². The fourth-order valence-electron chi connectivity index (χ4n) is 1.93. The molecule has 1 aliphatic heterocycles. The minimum Gasteiger partial charge on any atom is -0.387 e. The molecule has 1 aliphatic rings. The summed E-state index contributed by atoms with van der Waals surface area (Å²) in [4.78, 5) is 2.36. The summed E-state index contributed by atoms with van der Waals surface area (Å²) in [5.74, 6) is 0. The van der Waals surface area contributed by atoms with E-state index in [9.17, 15) is 5.11 Å². The van der Waals surface area contributed by atoms with Crippen molar-refractivity contribution >= 4 is 0 Å². The molecule has 13 heavy (non-hydrogen) atoms. The molecule has 0 radical (unpaired) electrons. The molecule has 1 fully saturated rings. The van der Waals surface area contributed by atoms with Crippen LogP contribution in [0, 0.1) is 0 Å². The van der Waals surface area contributed by atoms with Gasteiger partial charge >= 0.3 is 0 Å². The summed E-state index contributed by atoms with van der Waals surface area (Å²) in [7, 11) is 0. The molecule has 1 rings (SSSR count). The Bertz CT molecular complexity index is 141. The van der Waals surface area contributed by atoms with Crippen LogP contribution in [0.5, 0.6) is 0 Å². The van der Waals surface area contributed by atoms with Crippen molar-refractivity contribution in [2.45, 2.75) is 51.6 Å². The van der Waals surface area contributed by atoms with Crippen molar-refractivity contribution in [3.63, 3.8) is 0 Å². The molecule has 2 heteroatoms. The van der Waals surface area contributed by atoms with Crippen molar-refractivity contribution in [1.29, 1.82) is 0 Å². The SMILES string of the molecule is CCCCCCN1CC(O)(CC)C1. The number of nitrogens with zero attached hydrogens (tertiary/aromatic N) is 1. The Kier molecular flexibility index (Phi) is 4.20. The maximum absolute atomic E-state index is 9.75. The van der Waals surface area contributed by atoms with E-state index < -0.39 is 0 Å². The van der Waals surface area contributed by atoms with E-state index in [0.717, 1.165) is 19.5 Å². The first-order chi connectivity index (χ1) is 6.20. The number of hydrogen-bond donors (Lipinski definition) is 1. The summed E-state index contributed by atoms with van der Waals surface area (Å²) in [6.07, 6.45) is 6.20. The van der Waals surface area contributed by atoms with Crippen LogP contribution in [0.15, 0.2) is 0 Å². The van der Waals surface area contributed by atoms with Gasteiger partial charge in [0.25, 0.3) is 0 Å². The van der Waals surface area contributed by atoms with Crippen LogP contribution in [0.4, 0.5) is 0 Å². The van der Waals surface area contributed by atoms with Gasteiger partial charge in [-0.1, -0.05) is 33.1 Å². The molecule has 0 aromatic heterocycles. The van der Waals surface area contributed by atoms with Gasteiger partial charge in [0, 0.05) is 13.1 Å². The molecule has 0 bridgehead atoms. The standard InChI is InChI=1S/C11H23NO/c1-3-5-6-7-8-12-9-11(13,4-2)10-12/h13H,3-10H2,1-2H3. The number of unbranched alkanes of at least 4 members (excludes halogenated alkanes) is 3. The van der Waals surface area contributed by atoms with Gasteiger partial charge in [-0.3, -0.25) is 4.90 Å². The molecule has 0 spiro atoms. The minimum atomic E-state index is -0.343. The topological polar surface area (TPSA) is 23.5 Å². The van der Waals surface area contributed by atoms with Gasteiger partial charge in [0.05, 0.1) is 5.60 Å². The normalized spacial score (nSPS) is 21.5. The highest BCUT2D eigenvalue weighted by Gasteiger charge is 2.38. The highest BCUT2D eigenvalue weighted by Crippen LogP contribution is 2.24. The third kappa shape index (κ3) is 3.28. The second-order valence-electron chi connectivity index (χ2n) is 4.35. The lowest BCUT2D eigenvalue weighted by Crippen LogP contribution is -2.61. The summed E-state index contributed by atoms with van der Waals surface area (Å²) in [6, 6.07) is 0. The number of hydrogen-bond acceptors (Lipinski definition) is 2. The van der Waals surface area contributed by atoms with Crippen LogP contribution in [-0.4, -0.2) is 35.2 Å². The molecule has 1 saturated heterocycles. The van der Waals surface area contributed by atoms with Crippen molar-refractivity contribution in [3.05, 3.63) is 0 Å². The Morgan fingerprint density at radius 2 is 1.85 bits per heavy atom. The average Bonchev–Trinajstić information content (AvgIpc) is 2.08. The zero-order valence-corrected chi connectivity index (χ0v) is 9.05. The lowest BCUT2D eigenvalue weighted by molar-refractivity contribution is -0.0994. The maximum atomic E-state index is 9.75. The van der Waals surface area contributed by atoms with Gasteiger partial charge in [0.1, 0.15) is 0 Å². The molecule has 1 heterocycles. The van der Waals surface area contributed by atoms with Gasteiger partial charge in [-0.2, -0.15) is 0 Å². The van der Waals surface area contributed by atoms with E-state index in [-0.39, 0.29) is 5.60 Å². The van der Waals surface area contributed by atoms with Crippen molar-refractivity contribution in [2.75, 3.05) is 19.6 Å². The predicted octanol–water partition coefficient (Wildman–Crippen LogP) is 2.02. The molecule has 78 valence electrons. The Morgan fingerprint density at radius 3 is 2.38 bits per heavy atom.